The van der Waals surface area contributed by atoms with Crippen molar-refractivity contribution < 1.29 is 14.2 Å². The maximum atomic E-state index is 13.4. The van der Waals surface area contributed by atoms with Crippen molar-refractivity contribution in [1.82, 2.24) is 0 Å². The van der Waals surface area contributed by atoms with Crippen molar-refractivity contribution in [2.24, 2.45) is 5.73 Å². The molecule has 15 heavy (non-hydrogen) atoms. The first-order valence-electron chi connectivity index (χ1n) is 4.86. The number of halogens is 1. The first-order valence-corrected chi connectivity index (χ1v) is 4.86. The summed E-state index contributed by atoms with van der Waals surface area (Å²) in [6, 6.07) is 4.38. The van der Waals surface area contributed by atoms with E-state index >= 15 is 0 Å². The van der Waals surface area contributed by atoms with Crippen LogP contribution >= 0.6 is 0 Å². The summed E-state index contributed by atoms with van der Waals surface area (Å²) in [6.45, 7) is 3.44. The largest absolute Gasteiger partial charge is 0.488 e. The fraction of sp³-hybridized carbons (Fsp3) is 0.455. The van der Waals surface area contributed by atoms with Gasteiger partial charge in [0.1, 0.15) is 6.61 Å². The van der Waals surface area contributed by atoms with E-state index in [0.29, 0.717) is 0 Å². The molecule has 2 atom stereocenters. The van der Waals surface area contributed by atoms with Gasteiger partial charge < -0.3 is 15.6 Å². The summed E-state index contributed by atoms with van der Waals surface area (Å²) < 4.78 is 18.5. The van der Waals surface area contributed by atoms with Crippen LogP contribution in [0.4, 0.5) is 4.39 Å². The molecule has 3 N–H and O–H groups in total. The fourth-order valence-corrected chi connectivity index (χ4v) is 1.13. The molecule has 0 aliphatic rings. The molecule has 0 radical (unpaired) electrons. The summed E-state index contributed by atoms with van der Waals surface area (Å²) in [5, 5.41) is 8.98. The summed E-state index contributed by atoms with van der Waals surface area (Å²) in [5.41, 5.74) is 6.33. The molecular formula is C11H16FNO2. The molecule has 0 aromatic heterocycles. The Morgan fingerprint density at radius 1 is 1.47 bits per heavy atom. The van der Waals surface area contributed by atoms with Gasteiger partial charge in [-0.2, -0.15) is 0 Å². The second-order valence-electron chi connectivity index (χ2n) is 3.64. The highest BCUT2D eigenvalue weighted by Crippen LogP contribution is 2.21. The Bertz CT molecular complexity index is 326. The van der Waals surface area contributed by atoms with Crippen molar-refractivity contribution in [1.29, 1.82) is 0 Å². The molecule has 1 aromatic carbocycles. The van der Waals surface area contributed by atoms with Gasteiger partial charge in [0, 0.05) is 6.04 Å². The Kier molecular flexibility index (Phi) is 4.05. The summed E-state index contributed by atoms with van der Waals surface area (Å²) in [6.07, 6.45) is -0.613. The standard InChI is InChI=1S/C11H16FNO2/c1-7(14)6-15-11-4-3-9(8(2)13)5-10(11)12/h3-5,7-8,14H,6,13H2,1-2H3/t7?,8-/m1/s1. The second-order valence-corrected chi connectivity index (χ2v) is 3.64. The van der Waals surface area contributed by atoms with Crippen molar-refractivity contribution in [3.05, 3.63) is 29.6 Å². The molecule has 0 aliphatic heterocycles. The second kappa shape index (κ2) is 5.09. The van der Waals surface area contributed by atoms with E-state index in [1.807, 2.05) is 0 Å². The highest BCUT2D eigenvalue weighted by molar-refractivity contribution is 5.30. The summed E-state index contributed by atoms with van der Waals surface area (Å²) >= 11 is 0. The fourth-order valence-electron chi connectivity index (χ4n) is 1.13. The minimum Gasteiger partial charge on any atom is -0.488 e. The van der Waals surface area contributed by atoms with Crippen LogP contribution in [0.25, 0.3) is 0 Å². The molecule has 4 heteroatoms. The molecule has 0 saturated carbocycles. The molecule has 3 nitrogen and oxygen atoms in total. The van der Waals surface area contributed by atoms with Crippen LogP contribution in [-0.2, 0) is 0 Å². The quantitative estimate of drug-likeness (QED) is 0.798. The molecule has 0 bridgehead atoms. The van der Waals surface area contributed by atoms with E-state index in [4.69, 9.17) is 15.6 Å². The van der Waals surface area contributed by atoms with Crippen LogP contribution in [0, 0.1) is 5.82 Å². The van der Waals surface area contributed by atoms with Gasteiger partial charge in [-0.15, -0.1) is 0 Å². The lowest BCUT2D eigenvalue weighted by molar-refractivity contribution is 0.120. The molecule has 0 saturated heterocycles. The Morgan fingerprint density at radius 2 is 2.13 bits per heavy atom. The smallest absolute Gasteiger partial charge is 0.165 e. The van der Waals surface area contributed by atoms with Crippen LogP contribution in [-0.4, -0.2) is 17.8 Å². The number of rotatable bonds is 4. The maximum absolute atomic E-state index is 13.4. The normalized spacial score (nSPS) is 14.7. The molecule has 1 unspecified atom stereocenters. The van der Waals surface area contributed by atoms with E-state index in [-0.39, 0.29) is 18.4 Å². The number of nitrogens with two attached hydrogens (primary N) is 1. The van der Waals surface area contributed by atoms with Crippen molar-refractivity contribution >= 4 is 0 Å². The topological polar surface area (TPSA) is 55.5 Å². The third-order valence-corrected chi connectivity index (χ3v) is 1.96. The van der Waals surface area contributed by atoms with Gasteiger partial charge in [0.05, 0.1) is 6.10 Å². The predicted octanol–water partition coefficient (Wildman–Crippen LogP) is 1.60. The lowest BCUT2D eigenvalue weighted by Gasteiger charge is -2.11. The van der Waals surface area contributed by atoms with Crippen molar-refractivity contribution in [2.75, 3.05) is 6.61 Å². The van der Waals surface area contributed by atoms with Gasteiger partial charge in [-0.05, 0) is 31.5 Å². The highest BCUT2D eigenvalue weighted by atomic mass is 19.1. The molecule has 1 aromatic rings. The van der Waals surface area contributed by atoms with Gasteiger partial charge >= 0.3 is 0 Å². The molecule has 0 fully saturated rings. The Hall–Kier alpha value is -1.13. The van der Waals surface area contributed by atoms with Gasteiger partial charge in [0.15, 0.2) is 11.6 Å². The Balaban J connectivity index is 2.75. The van der Waals surface area contributed by atoms with E-state index in [1.54, 1.807) is 19.9 Å². The zero-order valence-corrected chi connectivity index (χ0v) is 8.90. The van der Waals surface area contributed by atoms with Gasteiger partial charge in [-0.1, -0.05) is 6.07 Å². The Morgan fingerprint density at radius 3 is 2.60 bits per heavy atom. The first kappa shape index (κ1) is 11.9. The zero-order chi connectivity index (χ0) is 11.4. The van der Waals surface area contributed by atoms with Gasteiger partial charge in [0.25, 0.3) is 0 Å². The van der Waals surface area contributed by atoms with Gasteiger partial charge in [-0.25, -0.2) is 4.39 Å². The minimum atomic E-state index is -0.613. The lowest BCUT2D eigenvalue weighted by atomic mass is 10.1. The maximum Gasteiger partial charge on any atom is 0.165 e. The summed E-state index contributed by atoms with van der Waals surface area (Å²) in [4.78, 5) is 0. The summed E-state index contributed by atoms with van der Waals surface area (Å²) in [5.74, 6) is -0.314. The van der Waals surface area contributed by atoms with E-state index in [1.165, 1.54) is 12.1 Å². The first-order chi connectivity index (χ1) is 7.00. The molecule has 0 amide bonds. The molecule has 1 rings (SSSR count). The van der Waals surface area contributed by atoms with Crippen LogP contribution in [0.5, 0.6) is 5.75 Å². The van der Waals surface area contributed by atoms with Crippen LogP contribution in [0.2, 0.25) is 0 Å². The molecule has 84 valence electrons. The van der Waals surface area contributed by atoms with E-state index < -0.39 is 11.9 Å². The lowest BCUT2D eigenvalue weighted by Crippen LogP contribution is -2.13. The van der Waals surface area contributed by atoms with Crippen LogP contribution in [0.15, 0.2) is 18.2 Å². The summed E-state index contributed by atoms with van der Waals surface area (Å²) in [7, 11) is 0. The van der Waals surface area contributed by atoms with E-state index in [0.717, 1.165) is 5.56 Å². The number of hydrogen-bond donors (Lipinski definition) is 2. The molecule has 0 aliphatic carbocycles. The zero-order valence-electron chi connectivity index (χ0n) is 8.90. The van der Waals surface area contributed by atoms with E-state index in [9.17, 15) is 4.39 Å². The number of benzene rings is 1. The SMILES string of the molecule is CC(O)COc1ccc([C@@H](C)N)cc1F. The van der Waals surface area contributed by atoms with Crippen molar-refractivity contribution in [2.45, 2.75) is 26.0 Å². The van der Waals surface area contributed by atoms with Crippen LogP contribution in [0.3, 0.4) is 0 Å². The van der Waals surface area contributed by atoms with Crippen molar-refractivity contribution in [3.63, 3.8) is 0 Å². The molecule has 0 spiro atoms. The van der Waals surface area contributed by atoms with Crippen LogP contribution < -0.4 is 10.5 Å². The highest BCUT2D eigenvalue weighted by Gasteiger charge is 2.07. The van der Waals surface area contributed by atoms with Gasteiger partial charge in [-0.3, -0.25) is 0 Å². The third-order valence-electron chi connectivity index (χ3n) is 1.96. The molecular weight excluding hydrogens is 197 g/mol. The third kappa shape index (κ3) is 3.49. The average Bonchev–Trinajstić information content (AvgIpc) is 2.15. The van der Waals surface area contributed by atoms with Crippen LogP contribution in [0.1, 0.15) is 25.5 Å². The molecule has 0 heterocycles. The Labute approximate surface area is 88.7 Å². The minimum absolute atomic E-state index is 0.0778. The average molecular weight is 213 g/mol. The predicted molar refractivity (Wildman–Crippen MR) is 56.2 cm³/mol. The monoisotopic (exact) mass is 213 g/mol. The number of hydrogen-bond acceptors (Lipinski definition) is 3. The number of aliphatic hydroxyl groups excluding tert-OH is 1. The van der Waals surface area contributed by atoms with Gasteiger partial charge in [0.2, 0.25) is 0 Å². The van der Waals surface area contributed by atoms with E-state index in [2.05, 4.69) is 0 Å². The number of aliphatic hydroxyl groups is 1. The number of ether oxygens (including phenoxy) is 1. The van der Waals surface area contributed by atoms with Crippen molar-refractivity contribution in [3.8, 4) is 5.75 Å².